The summed E-state index contributed by atoms with van der Waals surface area (Å²) in [6.07, 6.45) is 0. The van der Waals surface area contributed by atoms with Crippen LogP contribution < -0.4 is 4.74 Å². The Morgan fingerprint density at radius 1 is 1.54 bits per heavy atom. The minimum Gasteiger partial charge on any atom is -0.496 e. The Labute approximate surface area is 77.2 Å². The summed E-state index contributed by atoms with van der Waals surface area (Å²) in [5.74, 6) is 0.642. The van der Waals surface area contributed by atoms with Crippen molar-refractivity contribution in [2.24, 2.45) is 0 Å². The molecule has 13 heavy (non-hydrogen) atoms. The van der Waals surface area contributed by atoms with Crippen LogP contribution in [0.3, 0.4) is 0 Å². The molecule has 0 spiro atoms. The van der Waals surface area contributed by atoms with Crippen LogP contribution in [-0.2, 0) is 6.61 Å². The molecule has 0 amide bonds. The molecule has 0 fully saturated rings. The monoisotopic (exact) mass is 177 g/mol. The molecule has 1 N–H and O–H groups in total. The van der Waals surface area contributed by atoms with Crippen LogP contribution in [0.15, 0.2) is 12.1 Å². The van der Waals surface area contributed by atoms with E-state index in [2.05, 4.69) is 6.07 Å². The number of nitrogens with zero attached hydrogens (tertiary/aromatic N) is 1. The molecule has 0 unspecified atom stereocenters. The molecule has 0 radical (unpaired) electrons. The van der Waals surface area contributed by atoms with Crippen molar-refractivity contribution in [1.82, 2.24) is 0 Å². The van der Waals surface area contributed by atoms with E-state index in [1.807, 2.05) is 6.92 Å². The van der Waals surface area contributed by atoms with Gasteiger partial charge >= 0.3 is 0 Å². The molecule has 0 bridgehead atoms. The molecule has 3 nitrogen and oxygen atoms in total. The van der Waals surface area contributed by atoms with E-state index in [9.17, 15) is 0 Å². The van der Waals surface area contributed by atoms with E-state index < -0.39 is 0 Å². The molecule has 3 heteroatoms. The SMILES string of the molecule is COc1cc(CO)cc(C#N)c1C. The largest absolute Gasteiger partial charge is 0.496 e. The van der Waals surface area contributed by atoms with Crippen LogP contribution >= 0.6 is 0 Å². The Bertz CT molecular complexity index is 353. The van der Waals surface area contributed by atoms with Gasteiger partial charge in [0.2, 0.25) is 0 Å². The highest BCUT2D eigenvalue weighted by Crippen LogP contribution is 2.23. The zero-order valence-electron chi connectivity index (χ0n) is 7.66. The first-order chi connectivity index (χ1) is 6.22. The van der Waals surface area contributed by atoms with Crippen LogP contribution in [0.25, 0.3) is 0 Å². The third-order valence-electron chi connectivity index (χ3n) is 1.94. The van der Waals surface area contributed by atoms with Crippen LogP contribution in [-0.4, -0.2) is 12.2 Å². The number of ether oxygens (including phenoxy) is 1. The van der Waals surface area contributed by atoms with E-state index in [0.29, 0.717) is 16.9 Å². The standard InChI is InChI=1S/C10H11NO2/c1-7-9(5-11)3-8(6-12)4-10(7)13-2/h3-4,12H,6H2,1-2H3. The lowest BCUT2D eigenvalue weighted by Gasteiger charge is -2.07. The quantitative estimate of drug-likeness (QED) is 0.742. The fourth-order valence-electron chi connectivity index (χ4n) is 1.16. The summed E-state index contributed by atoms with van der Waals surface area (Å²) in [5.41, 5.74) is 2.05. The molecular formula is C10H11NO2. The maximum Gasteiger partial charge on any atom is 0.123 e. The zero-order valence-corrected chi connectivity index (χ0v) is 7.66. The van der Waals surface area contributed by atoms with Gasteiger partial charge in [0.1, 0.15) is 5.75 Å². The predicted molar refractivity (Wildman–Crippen MR) is 48.4 cm³/mol. The molecule has 0 saturated carbocycles. The number of hydrogen-bond donors (Lipinski definition) is 1. The third-order valence-corrected chi connectivity index (χ3v) is 1.94. The van der Waals surface area contributed by atoms with Crippen molar-refractivity contribution >= 4 is 0 Å². The predicted octanol–water partition coefficient (Wildman–Crippen LogP) is 1.37. The van der Waals surface area contributed by atoms with Crippen molar-refractivity contribution in [3.63, 3.8) is 0 Å². The summed E-state index contributed by atoms with van der Waals surface area (Å²) in [6.45, 7) is 1.74. The molecule has 1 rings (SSSR count). The van der Waals surface area contributed by atoms with E-state index in [1.165, 1.54) is 0 Å². The molecule has 0 aromatic heterocycles. The number of aliphatic hydroxyl groups excluding tert-OH is 1. The van der Waals surface area contributed by atoms with Gasteiger partial charge in [0.05, 0.1) is 25.3 Å². The Morgan fingerprint density at radius 3 is 2.69 bits per heavy atom. The van der Waals surface area contributed by atoms with Crippen molar-refractivity contribution in [3.05, 3.63) is 28.8 Å². The first-order valence-electron chi connectivity index (χ1n) is 3.91. The van der Waals surface area contributed by atoms with Gasteiger partial charge in [-0.15, -0.1) is 0 Å². The molecule has 0 atom stereocenters. The number of nitriles is 1. The number of methoxy groups -OCH3 is 1. The number of benzene rings is 1. The maximum absolute atomic E-state index is 8.90. The molecule has 0 saturated heterocycles. The van der Waals surface area contributed by atoms with Gasteiger partial charge in [-0.05, 0) is 24.6 Å². The molecule has 1 aromatic rings. The lowest BCUT2D eigenvalue weighted by Crippen LogP contribution is -1.94. The van der Waals surface area contributed by atoms with E-state index >= 15 is 0 Å². The Morgan fingerprint density at radius 2 is 2.23 bits per heavy atom. The van der Waals surface area contributed by atoms with Crippen LogP contribution in [0.4, 0.5) is 0 Å². The summed E-state index contributed by atoms with van der Waals surface area (Å²) in [5, 5.41) is 17.7. The summed E-state index contributed by atoms with van der Waals surface area (Å²) in [6, 6.07) is 5.45. The van der Waals surface area contributed by atoms with Crippen molar-refractivity contribution in [1.29, 1.82) is 5.26 Å². The van der Waals surface area contributed by atoms with Crippen LogP contribution in [0.1, 0.15) is 16.7 Å². The molecule has 0 heterocycles. The summed E-state index contributed by atoms with van der Waals surface area (Å²) in [4.78, 5) is 0. The van der Waals surface area contributed by atoms with E-state index in [0.717, 1.165) is 5.56 Å². The second-order valence-corrected chi connectivity index (χ2v) is 2.74. The highest BCUT2D eigenvalue weighted by molar-refractivity contribution is 5.48. The van der Waals surface area contributed by atoms with Gasteiger partial charge in [-0.25, -0.2) is 0 Å². The maximum atomic E-state index is 8.90. The Hall–Kier alpha value is -1.53. The van der Waals surface area contributed by atoms with Gasteiger partial charge in [-0.2, -0.15) is 5.26 Å². The first kappa shape index (κ1) is 9.56. The summed E-state index contributed by atoms with van der Waals surface area (Å²) in [7, 11) is 1.55. The normalized spacial score (nSPS) is 9.38. The molecule has 1 aromatic carbocycles. The molecule has 0 aliphatic carbocycles. The lowest BCUT2D eigenvalue weighted by molar-refractivity contribution is 0.281. The lowest BCUT2D eigenvalue weighted by atomic mass is 10.1. The second-order valence-electron chi connectivity index (χ2n) is 2.74. The zero-order chi connectivity index (χ0) is 9.84. The van der Waals surface area contributed by atoms with Crippen molar-refractivity contribution in [2.45, 2.75) is 13.5 Å². The Balaban J connectivity index is 3.31. The van der Waals surface area contributed by atoms with Gasteiger partial charge in [-0.3, -0.25) is 0 Å². The number of rotatable bonds is 2. The van der Waals surface area contributed by atoms with Crippen molar-refractivity contribution in [3.8, 4) is 11.8 Å². The number of hydrogen-bond acceptors (Lipinski definition) is 3. The average Bonchev–Trinajstić information content (AvgIpc) is 2.18. The van der Waals surface area contributed by atoms with Crippen molar-refractivity contribution in [2.75, 3.05) is 7.11 Å². The fraction of sp³-hybridized carbons (Fsp3) is 0.300. The van der Waals surface area contributed by atoms with E-state index in [-0.39, 0.29) is 6.61 Å². The highest BCUT2D eigenvalue weighted by Gasteiger charge is 2.06. The smallest absolute Gasteiger partial charge is 0.123 e. The number of aliphatic hydroxyl groups is 1. The van der Waals surface area contributed by atoms with Gasteiger partial charge in [0, 0.05) is 5.56 Å². The first-order valence-corrected chi connectivity index (χ1v) is 3.91. The molecule has 0 aliphatic rings. The van der Waals surface area contributed by atoms with E-state index in [1.54, 1.807) is 19.2 Å². The van der Waals surface area contributed by atoms with Gasteiger partial charge in [0.25, 0.3) is 0 Å². The minimum atomic E-state index is -0.0781. The fourth-order valence-corrected chi connectivity index (χ4v) is 1.16. The summed E-state index contributed by atoms with van der Waals surface area (Å²) >= 11 is 0. The van der Waals surface area contributed by atoms with E-state index in [4.69, 9.17) is 15.1 Å². The van der Waals surface area contributed by atoms with Crippen LogP contribution in [0.5, 0.6) is 5.75 Å². The van der Waals surface area contributed by atoms with Gasteiger partial charge in [-0.1, -0.05) is 0 Å². The molecule has 68 valence electrons. The third kappa shape index (κ3) is 1.79. The van der Waals surface area contributed by atoms with Crippen LogP contribution in [0, 0.1) is 18.3 Å². The van der Waals surface area contributed by atoms with Crippen molar-refractivity contribution < 1.29 is 9.84 Å². The highest BCUT2D eigenvalue weighted by atomic mass is 16.5. The second kappa shape index (κ2) is 3.92. The molecule has 0 aliphatic heterocycles. The van der Waals surface area contributed by atoms with Gasteiger partial charge < -0.3 is 9.84 Å². The Kier molecular flexibility index (Phi) is 2.88. The summed E-state index contributed by atoms with van der Waals surface area (Å²) < 4.78 is 5.07. The van der Waals surface area contributed by atoms with Gasteiger partial charge in [0.15, 0.2) is 0 Å². The molecular weight excluding hydrogens is 166 g/mol. The minimum absolute atomic E-state index is 0.0781. The topological polar surface area (TPSA) is 53.2 Å². The average molecular weight is 177 g/mol. The van der Waals surface area contributed by atoms with Crippen LogP contribution in [0.2, 0.25) is 0 Å².